The first kappa shape index (κ1) is 17.1. The predicted octanol–water partition coefficient (Wildman–Crippen LogP) is 1.82. The van der Waals surface area contributed by atoms with Crippen LogP contribution in [-0.2, 0) is 16.1 Å². The van der Waals surface area contributed by atoms with Gasteiger partial charge in [0.1, 0.15) is 0 Å². The number of hydrogen-bond acceptors (Lipinski definition) is 6. The van der Waals surface area contributed by atoms with Crippen molar-refractivity contribution in [2.75, 3.05) is 31.1 Å². The Labute approximate surface area is 152 Å². The van der Waals surface area contributed by atoms with Crippen molar-refractivity contribution in [2.24, 2.45) is 0 Å². The Morgan fingerprint density at radius 3 is 2.80 bits per heavy atom. The number of rotatable bonds is 5. The maximum atomic E-state index is 12.3. The molecule has 1 aromatic rings. The van der Waals surface area contributed by atoms with Gasteiger partial charge in [-0.3, -0.25) is 9.36 Å². The smallest absolute Gasteiger partial charge is 0.233 e. The summed E-state index contributed by atoms with van der Waals surface area (Å²) in [5.74, 6) is 1.08. The van der Waals surface area contributed by atoms with Crippen molar-refractivity contribution in [1.82, 2.24) is 20.1 Å². The molecule has 3 aliphatic heterocycles. The van der Waals surface area contributed by atoms with Crippen LogP contribution >= 0.6 is 11.8 Å². The van der Waals surface area contributed by atoms with Crippen molar-refractivity contribution in [3.05, 3.63) is 0 Å². The minimum atomic E-state index is -0.0682. The molecule has 0 radical (unpaired) electrons. The van der Waals surface area contributed by atoms with E-state index in [1.807, 2.05) is 0 Å². The highest BCUT2D eigenvalue weighted by Crippen LogP contribution is 2.31. The fourth-order valence-electron chi connectivity index (χ4n) is 3.82. The van der Waals surface area contributed by atoms with Crippen LogP contribution in [0.2, 0.25) is 0 Å². The maximum absolute atomic E-state index is 12.3. The number of ether oxygens (including phenoxy) is 1. The van der Waals surface area contributed by atoms with Gasteiger partial charge in [-0.1, -0.05) is 18.2 Å². The Balaban J connectivity index is 1.55. The molecule has 4 heterocycles. The highest BCUT2D eigenvalue weighted by atomic mass is 32.2. The fourth-order valence-corrected chi connectivity index (χ4v) is 4.92. The monoisotopic (exact) mass is 365 g/mol. The molecule has 1 aromatic heterocycles. The second kappa shape index (κ2) is 7.95. The zero-order chi connectivity index (χ0) is 17.1. The fraction of sp³-hybridized carbons (Fsp3) is 0.824. The standard InChI is InChI=1S/C17H27N5O2S/c23-15-14(7-1-2-8-18-15)25-17-20-19-16(21-9-3-4-10-21)22(17)12-13-6-5-11-24-13/h13-14H,1-12H2,(H,18,23)/t13-,14+/m1/s1. The minimum absolute atomic E-state index is 0.0682. The molecule has 2 atom stereocenters. The van der Waals surface area contributed by atoms with Crippen LogP contribution in [0.1, 0.15) is 44.9 Å². The maximum Gasteiger partial charge on any atom is 0.233 e. The zero-order valence-corrected chi connectivity index (χ0v) is 15.5. The van der Waals surface area contributed by atoms with Crippen molar-refractivity contribution in [3.63, 3.8) is 0 Å². The summed E-state index contributed by atoms with van der Waals surface area (Å²) < 4.78 is 8.05. The Kier molecular flexibility index (Phi) is 5.45. The lowest BCUT2D eigenvalue weighted by atomic mass is 10.2. The van der Waals surface area contributed by atoms with Crippen molar-refractivity contribution in [1.29, 1.82) is 0 Å². The van der Waals surface area contributed by atoms with E-state index in [4.69, 9.17) is 4.74 Å². The van der Waals surface area contributed by atoms with Crippen LogP contribution < -0.4 is 10.2 Å². The molecule has 0 spiro atoms. The molecule has 1 N–H and O–H groups in total. The SMILES string of the molecule is O=C1NCCCC[C@@H]1Sc1nnc(N2CCCC2)n1C[C@H]1CCCO1. The Morgan fingerprint density at radius 1 is 1.12 bits per heavy atom. The first-order valence-electron chi connectivity index (χ1n) is 9.55. The summed E-state index contributed by atoms with van der Waals surface area (Å²) in [7, 11) is 0. The van der Waals surface area contributed by atoms with Crippen LogP contribution in [0.5, 0.6) is 0 Å². The minimum Gasteiger partial charge on any atom is -0.376 e. The van der Waals surface area contributed by atoms with Gasteiger partial charge in [-0.25, -0.2) is 0 Å². The van der Waals surface area contributed by atoms with Gasteiger partial charge in [0.25, 0.3) is 0 Å². The van der Waals surface area contributed by atoms with Crippen molar-refractivity contribution < 1.29 is 9.53 Å². The highest BCUT2D eigenvalue weighted by Gasteiger charge is 2.29. The first-order valence-corrected chi connectivity index (χ1v) is 10.4. The van der Waals surface area contributed by atoms with Crippen molar-refractivity contribution in [2.45, 2.75) is 68.0 Å². The summed E-state index contributed by atoms with van der Waals surface area (Å²) in [4.78, 5) is 14.6. The number of hydrogen-bond donors (Lipinski definition) is 1. The van der Waals surface area contributed by atoms with Crippen LogP contribution in [0.3, 0.4) is 0 Å². The lowest BCUT2D eigenvalue weighted by Crippen LogP contribution is -2.31. The van der Waals surface area contributed by atoms with Gasteiger partial charge < -0.3 is 15.0 Å². The largest absolute Gasteiger partial charge is 0.376 e. The third-order valence-electron chi connectivity index (χ3n) is 5.23. The molecule has 1 amide bonds. The second-order valence-electron chi connectivity index (χ2n) is 7.12. The van der Waals surface area contributed by atoms with Gasteiger partial charge in [0.05, 0.1) is 17.9 Å². The summed E-state index contributed by atoms with van der Waals surface area (Å²) in [6, 6.07) is 0. The van der Waals surface area contributed by atoms with E-state index >= 15 is 0 Å². The average Bonchev–Trinajstić information content (AvgIpc) is 3.34. The quantitative estimate of drug-likeness (QED) is 0.858. The van der Waals surface area contributed by atoms with E-state index in [1.165, 1.54) is 12.8 Å². The number of nitrogens with one attached hydrogen (secondary N) is 1. The molecule has 25 heavy (non-hydrogen) atoms. The molecular weight excluding hydrogens is 338 g/mol. The molecule has 4 rings (SSSR count). The number of carbonyl (C=O) groups is 1. The lowest BCUT2D eigenvalue weighted by Gasteiger charge is -2.21. The van der Waals surface area contributed by atoms with E-state index in [1.54, 1.807) is 11.8 Å². The van der Waals surface area contributed by atoms with E-state index in [0.29, 0.717) is 0 Å². The van der Waals surface area contributed by atoms with Gasteiger partial charge in [0.2, 0.25) is 11.9 Å². The summed E-state index contributed by atoms with van der Waals surface area (Å²) >= 11 is 1.57. The predicted molar refractivity (Wildman–Crippen MR) is 96.9 cm³/mol. The molecule has 0 aliphatic carbocycles. The number of anilines is 1. The van der Waals surface area contributed by atoms with Crippen LogP contribution in [-0.4, -0.2) is 58.3 Å². The van der Waals surface area contributed by atoms with E-state index < -0.39 is 0 Å². The molecule has 0 bridgehead atoms. The Bertz CT molecular complexity index is 596. The van der Waals surface area contributed by atoms with Crippen LogP contribution in [0.15, 0.2) is 5.16 Å². The Hall–Kier alpha value is -1.28. The van der Waals surface area contributed by atoms with Crippen LogP contribution in [0.25, 0.3) is 0 Å². The second-order valence-corrected chi connectivity index (χ2v) is 8.29. The molecule has 7 nitrogen and oxygen atoms in total. The number of thioether (sulfide) groups is 1. The summed E-state index contributed by atoms with van der Waals surface area (Å²) in [5.41, 5.74) is 0. The first-order chi connectivity index (χ1) is 12.3. The van der Waals surface area contributed by atoms with Crippen molar-refractivity contribution in [3.8, 4) is 0 Å². The van der Waals surface area contributed by atoms with Crippen LogP contribution in [0.4, 0.5) is 5.95 Å². The van der Waals surface area contributed by atoms with Gasteiger partial charge in [0, 0.05) is 26.2 Å². The summed E-state index contributed by atoms with van der Waals surface area (Å²) in [5, 5.41) is 12.8. The Morgan fingerprint density at radius 2 is 2.00 bits per heavy atom. The lowest BCUT2D eigenvalue weighted by molar-refractivity contribution is -0.120. The highest BCUT2D eigenvalue weighted by molar-refractivity contribution is 8.00. The van der Waals surface area contributed by atoms with Gasteiger partial charge in [-0.15, -0.1) is 10.2 Å². The van der Waals surface area contributed by atoms with E-state index in [9.17, 15) is 4.79 Å². The molecule has 8 heteroatoms. The normalized spacial score (nSPS) is 27.5. The third-order valence-corrected chi connectivity index (χ3v) is 6.48. The number of aromatic nitrogens is 3. The molecular formula is C17H27N5O2S. The summed E-state index contributed by atoms with van der Waals surface area (Å²) in [6.07, 6.45) is 7.91. The van der Waals surface area contributed by atoms with Gasteiger partial charge in [0.15, 0.2) is 5.16 Å². The zero-order valence-electron chi connectivity index (χ0n) is 14.7. The number of nitrogens with zero attached hydrogens (tertiary/aromatic N) is 4. The van der Waals surface area contributed by atoms with E-state index in [-0.39, 0.29) is 17.3 Å². The molecule has 0 unspecified atom stereocenters. The molecule has 3 aliphatic rings. The van der Waals surface area contributed by atoms with Crippen LogP contribution in [0, 0.1) is 0 Å². The molecule has 0 aromatic carbocycles. The number of carbonyl (C=O) groups excluding carboxylic acids is 1. The molecule has 3 saturated heterocycles. The number of amides is 1. The van der Waals surface area contributed by atoms with E-state index in [0.717, 1.165) is 76.0 Å². The van der Waals surface area contributed by atoms with Crippen molar-refractivity contribution >= 4 is 23.6 Å². The summed E-state index contributed by atoms with van der Waals surface area (Å²) in [6.45, 7) is 4.50. The van der Waals surface area contributed by atoms with E-state index in [2.05, 4.69) is 25.0 Å². The molecule has 3 fully saturated rings. The van der Waals surface area contributed by atoms with Gasteiger partial charge in [-0.2, -0.15) is 0 Å². The third kappa shape index (κ3) is 3.95. The molecule has 0 saturated carbocycles. The average molecular weight is 366 g/mol. The molecule has 138 valence electrons. The van der Waals surface area contributed by atoms with Gasteiger partial charge >= 0.3 is 0 Å². The topological polar surface area (TPSA) is 72.3 Å². The van der Waals surface area contributed by atoms with Gasteiger partial charge in [-0.05, 0) is 38.5 Å².